The van der Waals surface area contributed by atoms with Crippen LogP contribution in [-0.2, 0) is 22.6 Å². The van der Waals surface area contributed by atoms with E-state index in [1.807, 2.05) is 24.3 Å². The third-order valence-electron chi connectivity index (χ3n) is 4.28. The van der Waals surface area contributed by atoms with Crippen LogP contribution in [0, 0.1) is 5.92 Å². The van der Waals surface area contributed by atoms with Crippen LogP contribution in [0.2, 0.25) is 0 Å². The number of ether oxygens (including phenoxy) is 3. The van der Waals surface area contributed by atoms with Crippen molar-refractivity contribution in [2.75, 3.05) is 20.3 Å². The predicted octanol–water partition coefficient (Wildman–Crippen LogP) is 2.03. The highest BCUT2D eigenvalue weighted by Gasteiger charge is 2.26. The second-order valence-electron chi connectivity index (χ2n) is 6.23. The highest BCUT2D eigenvalue weighted by Crippen LogP contribution is 2.31. The van der Waals surface area contributed by atoms with Crippen LogP contribution >= 0.6 is 0 Å². The lowest BCUT2D eigenvalue weighted by Crippen LogP contribution is -2.37. The van der Waals surface area contributed by atoms with Crippen molar-refractivity contribution in [2.24, 2.45) is 5.92 Å². The Kier molecular flexibility index (Phi) is 5.80. The van der Waals surface area contributed by atoms with Crippen molar-refractivity contribution in [1.29, 1.82) is 0 Å². The van der Waals surface area contributed by atoms with Gasteiger partial charge < -0.3 is 24.6 Å². The van der Waals surface area contributed by atoms with Gasteiger partial charge in [-0.05, 0) is 35.7 Å². The molecule has 0 unspecified atom stereocenters. The zero-order valence-electron chi connectivity index (χ0n) is 14.9. The summed E-state index contributed by atoms with van der Waals surface area (Å²) < 4.78 is 16.0. The van der Waals surface area contributed by atoms with Crippen molar-refractivity contribution in [3.05, 3.63) is 53.6 Å². The van der Waals surface area contributed by atoms with E-state index in [2.05, 4.69) is 5.32 Å². The molecule has 142 valence electrons. The zero-order chi connectivity index (χ0) is 19.2. The molecule has 2 aromatic rings. The van der Waals surface area contributed by atoms with Gasteiger partial charge in [-0.1, -0.05) is 18.2 Å². The lowest BCUT2D eigenvalue weighted by Gasteiger charge is -2.25. The summed E-state index contributed by atoms with van der Waals surface area (Å²) in [6, 6.07) is 12.6. The Bertz CT molecular complexity index is 835. The highest BCUT2D eigenvalue weighted by atomic mass is 16.5. The van der Waals surface area contributed by atoms with Gasteiger partial charge in [0.2, 0.25) is 5.91 Å². The van der Waals surface area contributed by atoms with E-state index in [-0.39, 0.29) is 11.8 Å². The number of carbonyl (C=O) groups excluding carboxylic acids is 1. The molecule has 0 radical (unpaired) electrons. The predicted molar refractivity (Wildman–Crippen MR) is 97.1 cm³/mol. The van der Waals surface area contributed by atoms with Crippen molar-refractivity contribution >= 4 is 11.9 Å². The van der Waals surface area contributed by atoms with Crippen LogP contribution in [0.4, 0.5) is 0 Å². The largest absolute Gasteiger partial charge is 0.497 e. The molecule has 2 aromatic carbocycles. The smallest absolute Gasteiger partial charge is 0.341 e. The fourth-order valence-electron chi connectivity index (χ4n) is 2.87. The van der Waals surface area contributed by atoms with Crippen LogP contribution in [0.25, 0.3) is 0 Å². The first-order chi connectivity index (χ1) is 13.0. The third kappa shape index (κ3) is 4.91. The van der Waals surface area contributed by atoms with E-state index in [9.17, 15) is 9.59 Å². The van der Waals surface area contributed by atoms with Gasteiger partial charge in [0.1, 0.15) is 23.9 Å². The molecule has 7 nitrogen and oxygen atoms in total. The van der Waals surface area contributed by atoms with Crippen LogP contribution < -0.4 is 19.5 Å². The summed E-state index contributed by atoms with van der Waals surface area (Å²) in [6.45, 7) is 0.238. The number of hydrogen-bond acceptors (Lipinski definition) is 5. The Morgan fingerprint density at radius 2 is 2.07 bits per heavy atom. The molecule has 3 rings (SSSR count). The van der Waals surface area contributed by atoms with E-state index in [0.717, 1.165) is 22.6 Å². The van der Waals surface area contributed by atoms with Crippen LogP contribution in [0.3, 0.4) is 0 Å². The van der Waals surface area contributed by atoms with Crippen molar-refractivity contribution in [2.45, 2.75) is 13.0 Å². The van der Waals surface area contributed by atoms with Gasteiger partial charge >= 0.3 is 5.97 Å². The number of nitrogens with one attached hydrogen (secondary N) is 1. The molecular weight excluding hydrogens is 350 g/mol. The minimum Gasteiger partial charge on any atom is -0.497 e. The van der Waals surface area contributed by atoms with Crippen LogP contribution in [-0.4, -0.2) is 37.3 Å². The van der Waals surface area contributed by atoms with Crippen molar-refractivity contribution in [1.82, 2.24) is 5.32 Å². The summed E-state index contributed by atoms with van der Waals surface area (Å²) in [7, 11) is 1.60. The second kappa shape index (κ2) is 8.44. The van der Waals surface area contributed by atoms with Gasteiger partial charge in [0.15, 0.2) is 6.61 Å². The normalized spacial score (nSPS) is 15.2. The summed E-state index contributed by atoms with van der Waals surface area (Å²) in [5.41, 5.74) is 1.80. The Morgan fingerprint density at radius 3 is 2.85 bits per heavy atom. The molecule has 0 bridgehead atoms. The highest BCUT2D eigenvalue weighted by molar-refractivity contribution is 5.79. The number of aliphatic carboxylic acids is 1. The molecule has 2 N–H and O–H groups in total. The molecule has 1 heterocycles. The second-order valence-corrected chi connectivity index (χ2v) is 6.23. The lowest BCUT2D eigenvalue weighted by atomic mass is 9.96. The maximum Gasteiger partial charge on any atom is 0.341 e. The van der Waals surface area contributed by atoms with Gasteiger partial charge in [0.25, 0.3) is 0 Å². The molecule has 1 aliphatic rings. The maximum absolute atomic E-state index is 12.5. The molecular formula is C20H21NO6. The molecule has 0 saturated heterocycles. The zero-order valence-corrected chi connectivity index (χ0v) is 14.9. The van der Waals surface area contributed by atoms with Gasteiger partial charge in [-0.25, -0.2) is 4.79 Å². The number of methoxy groups -OCH3 is 1. The topological polar surface area (TPSA) is 94.1 Å². The number of carboxylic acids is 1. The van der Waals surface area contributed by atoms with Crippen LogP contribution in [0.5, 0.6) is 17.2 Å². The van der Waals surface area contributed by atoms with E-state index in [1.165, 1.54) is 0 Å². The van der Waals surface area contributed by atoms with Gasteiger partial charge in [0.05, 0.1) is 13.0 Å². The molecule has 0 saturated carbocycles. The number of carboxylic acid groups (broad SMARTS) is 1. The molecule has 7 heteroatoms. The number of hydrogen-bond donors (Lipinski definition) is 2. The van der Waals surface area contributed by atoms with Crippen molar-refractivity contribution < 1.29 is 28.9 Å². The fraction of sp³-hybridized carbons (Fsp3) is 0.300. The summed E-state index contributed by atoms with van der Waals surface area (Å²) >= 11 is 0. The molecule has 27 heavy (non-hydrogen) atoms. The molecule has 1 atom stereocenters. The van der Waals surface area contributed by atoms with Crippen LogP contribution in [0.15, 0.2) is 42.5 Å². The summed E-state index contributed by atoms with van der Waals surface area (Å²) in [4.78, 5) is 23.0. The third-order valence-corrected chi connectivity index (χ3v) is 4.28. The Labute approximate surface area is 156 Å². The molecule has 0 aromatic heterocycles. The van der Waals surface area contributed by atoms with Gasteiger partial charge in [-0.3, -0.25) is 4.79 Å². The first-order valence-corrected chi connectivity index (χ1v) is 8.56. The van der Waals surface area contributed by atoms with E-state index in [1.54, 1.807) is 25.3 Å². The summed E-state index contributed by atoms with van der Waals surface area (Å²) in [6.07, 6.45) is 0.604. The van der Waals surface area contributed by atoms with E-state index < -0.39 is 12.6 Å². The minimum absolute atomic E-state index is 0.0895. The van der Waals surface area contributed by atoms with Gasteiger partial charge in [-0.2, -0.15) is 0 Å². The average Bonchev–Trinajstić information content (AvgIpc) is 2.70. The number of rotatable bonds is 7. The van der Waals surface area contributed by atoms with Crippen molar-refractivity contribution in [3.63, 3.8) is 0 Å². The number of fused-ring (bicyclic) bond motifs is 1. The molecule has 1 aliphatic heterocycles. The first kappa shape index (κ1) is 18.6. The van der Waals surface area contributed by atoms with E-state index >= 15 is 0 Å². The lowest BCUT2D eigenvalue weighted by molar-refractivity contribution is -0.139. The number of benzene rings is 2. The monoisotopic (exact) mass is 371 g/mol. The SMILES string of the molecule is COc1ccc2c(c1)OC[C@@H](C(=O)NCc1cccc(OCC(=O)O)c1)C2. The quantitative estimate of drug-likeness (QED) is 0.773. The number of amides is 1. The molecule has 0 spiro atoms. The first-order valence-electron chi connectivity index (χ1n) is 8.56. The minimum atomic E-state index is -1.04. The summed E-state index contributed by atoms with van der Waals surface area (Å²) in [5, 5.41) is 11.6. The number of carbonyl (C=O) groups is 2. The van der Waals surface area contributed by atoms with Gasteiger partial charge in [0, 0.05) is 12.6 Å². The van der Waals surface area contributed by atoms with E-state index in [4.69, 9.17) is 19.3 Å². The molecule has 1 amide bonds. The summed E-state index contributed by atoms with van der Waals surface area (Å²) in [5.74, 6) is 0.533. The van der Waals surface area contributed by atoms with E-state index in [0.29, 0.717) is 25.3 Å². The average molecular weight is 371 g/mol. The van der Waals surface area contributed by atoms with Crippen molar-refractivity contribution in [3.8, 4) is 17.2 Å². The Morgan fingerprint density at radius 1 is 1.22 bits per heavy atom. The molecule has 0 fully saturated rings. The Hall–Kier alpha value is -3.22. The van der Waals surface area contributed by atoms with Gasteiger partial charge in [-0.15, -0.1) is 0 Å². The standard InChI is InChI=1S/C20H21NO6/c1-25-16-6-5-14-8-15(11-27-18(14)9-16)20(24)21-10-13-3-2-4-17(7-13)26-12-19(22)23/h2-7,9,15H,8,10-12H2,1H3,(H,21,24)(H,22,23)/t15-/m0/s1. The fourth-order valence-corrected chi connectivity index (χ4v) is 2.87. The Balaban J connectivity index is 1.55. The molecule has 0 aliphatic carbocycles. The van der Waals surface area contributed by atoms with Crippen LogP contribution in [0.1, 0.15) is 11.1 Å². The maximum atomic E-state index is 12.5.